The highest BCUT2D eigenvalue weighted by atomic mass is 16.3. The Hall–Kier alpha value is -2.68. The Morgan fingerprint density at radius 3 is 2.04 bits per heavy atom. The van der Waals surface area contributed by atoms with Crippen molar-refractivity contribution in [2.24, 2.45) is 0 Å². The van der Waals surface area contributed by atoms with E-state index in [-0.39, 0.29) is 49.3 Å². The smallest absolute Gasteiger partial charge is 0.225 e. The fraction of sp³-hybridized carbons (Fsp3) is 0.333. The number of nitrogens with zero attached hydrogens (tertiary/aromatic N) is 1. The summed E-state index contributed by atoms with van der Waals surface area (Å²) in [6.45, 7) is 0.772. The number of nitrogens with one attached hydrogen (secondary N) is 2. The van der Waals surface area contributed by atoms with E-state index in [2.05, 4.69) is 10.6 Å². The van der Waals surface area contributed by atoms with Gasteiger partial charge in [-0.3, -0.25) is 9.59 Å². The summed E-state index contributed by atoms with van der Waals surface area (Å²) >= 11 is 0. The Labute approximate surface area is 151 Å². The van der Waals surface area contributed by atoms with E-state index in [4.69, 9.17) is 15.3 Å². The average Bonchev–Trinajstić information content (AvgIpc) is 2.63. The molecule has 0 amide bonds. The standard InChI is InChI=1S/C18H23N3O5/c22-8-5-19-16-11-15(25)12-17(18(16)26)20-13-1-3-14(4-2-13)21(6-9-23)7-10-24/h1-4,11-12,19-20,22-24H,5-10H2. The van der Waals surface area contributed by atoms with Gasteiger partial charge in [-0.15, -0.1) is 0 Å². The molecule has 0 aliphatic heterocycles. The van der Waals surface area contributed by atoms with E-state index in [9.17, 15) is 9.59 Å². The third-order valence-electron chi connectivity index (χ3n) is 3.74. The number of hydrogen-bond acceptors (Lipinski definition) is 8. The minimum absolute atomic E-state index is 0.0283. The lowest BCUT2D eigenvalue weighted by atomic mass is 10.1. The molecule has 0 saturated carbocycles. The topological polar surface area (TPSA) is 122 Å². The highest BCUT2D eigenvalue weighted by Crippen LogP contribution is 2.20. The SMILES string of the molecule is O=C1C=C(NCCO)C(=O)C(Nc2ccc(N(CCO)CCO)cc2)=C1. The first kappa shape index (κ1) is 19.6. The van der Waals surface area contributed by atoms with Crippen molar-refractivity contribution in [2.75, 3.05) is 49.7 Å². The zero-order valence-corrected chi connectivity index (χ0v) is 14.3. The van der Waals surface area contributed by atoms with Gasteiger partial charge in [0.2, 0.25) is 5.78 Å². The molecule has 8 heteroatoms. The highest BCUT2D eigenvalue weighted by molar-refractivity contribution is 6.21. The van der Waals surface area contributed by atoms with Crippen molar-refractivity contribution in [2.45, 2.75) is 0 Å². The van der Waals surface area contributed by atoms with E-state index >= 15 is 0 Å². The Balaban J connectivity index is 2.08. The normalized spacial score (nSPS) is 14.0. The molecular weight excluding hydrogens is 338 g/mol. The van der Waals surface area contributed by atoms with Gasteiger partial charge in [-0.2, -0.15) is 0 Å². The van der Waals surface area contributed by atoms with Crippen LogP contribution in [0.4, 0.5) is 11.4 Å². The first-order chi connectivity index (χ1) is 12.6. The number of Topliss-reactive ketones (excluding diaryl/α,β-unsaturated/α-hetero) is 1. The molecule has 0 spiro atoms. The van der Waals surface area contributed by atoms with Crippen LogP contribution in [0.5, 0.6) is 0 Å². The van der Waals surface area contributed by atoms with Crippen LogP contribution in [0.25, 0.3) is 0 Å². The van der Waals surface area contributed by atoms with Gasteiger partial charge in [-0.1, -0.05) is 0 Å². The van der Waals surface area contributed by atoms with Gasteiger partial charge >= 0.3 is 0 Å². The van der Waals surface area contributed by atoms with Crippen LogP contribution in [-0.2, 0) is 9.59 Å². The zero-order valence-electron chi connectivity index (χ0n) is 14.3. The van der Waals surface area contributed by atoms with Crippen LogP contribution in [0.2, 0.25) is 0 Å². The maximum Gasteiger partial charge on any atom is 0.225 e. The van der Waals surface area contributed by atoms with Crippen LogP contribution in [0.1, 0.15) is 0 Å². The summed E-state index contributed by atoms with van der Waals surface area (Å²) in [6, 6.07) is 7.08. The molecule has 26 heavy (non-hydrogen) atoms. The van der Waals surface area contributed by atoms with Gasteiger partial charge in [0, 0.05) is 43.2 Å². The summed E-state index contributed by atoms with van der Waals surface area (Å²) in [7, 11) is 0. The number of carbonyl (C=O) groups excluding carboxylic acids is 2. The maximum atomic E-state index is 12.4. The number of aliphatic hydroxyl groups is 3. The molecule has 0 unspecified atom stereocenters. The molecule has 0 radical (unpaired) electrons. The Morgan fingerprint density at radius 2 is 1.46 bits per heavy atom. The van der Waals surface area contributed by atoms with Crippen LogP contribution in [0.15, 0.2) is 47.8 Å². The van der Waals surface area contributed by atoms with E-state index in [1.54, 1.807) is 24.3 Å². The summed E-state index contributed by atoms with van der Waals surface area (Å²) in [5, 5.41) is 32.7. The molecule has 1 aliphatic carbocycles. The molecule has 0 heterocycles. The first-order valence-electron chi connectivity index (χ1n) is 8.29. The predicted molar refractivity (Wildman–Crippen MR) is 97.7 cm³/mol. The molecule has 0 bridgehead atoms. The Kier molecular flexibility index (Phi) is 7.34. The van der Waals surface area contributed by atoms with Crippen molar-refractivity contribution in [1.29, 1.82) is 0 Å². The summed E-state index contributed by atoms with van der Waals surface area (Å²) in [6.07, 6.45) is 2.43. The van der Waals surface area contributed by atoms with E-state index in [0.29, 0.717) is 18.8 Å². The third-order valence-corrected chi connectivity index (χ3v) is 3.74. The molecule has 1 aliphatic rings. The van der Waals surface area contributed by atoms with Gasteiger partial charge in [0.15, 0.2) is 5.78 Å². The zero-order chi connectivity index (χ0) is 18.9. The largest absolute Gasteiger partial charge is 0.395 e. The Bertz CT molecular complexity index is 691. The lowest BCUT2D eigenvalue weighted by Gasteiger charge is -2.23. The summed E-state index contributed by atoms with van der Waals surface area (Å²) in [5.74, 6) is -0.675. The third kappa shape index (κ3) is 5.16. The first-order valence-corrected chi connectivity index (χ1v) is 8.29. The van der Waals surface area contributed by atoms with Gasteiger partial charge in [-0.05, 0) is 24.3 Å². The van der Waals surface area contributed by atoms with Gasteiger partial charge in [0.05, 0.1) is 31.2 Å². The molecule has 0 aromatic heterocycles. The van der Waals surface area contributed by atoms with Crippen LogP contribution < -0.4 is 15.5 Å². The van der Waals surface area contributed by atoms with E-state index in [1.165, 1.54) is 12.2 Å². The summed E-state index contributed by atoms with van der Waals surface area (Å²) < 4.78 is 0. The molecule has 2 rings (SSSR count). The van der Waals surface area contributed by atoms with Crippen molar-refractivity contribution < 1.29 is 24.9 Å². The molecule has 140 valence electrons. The van der Waals surface area contributed by atoms with E-state index in [1.807, 2.05) is 4.90 Å². The van der Waals surface area contributed by atoms with Crippen molar-refractivity contribution in [3.05, 3.63) is 47.8 Å². The van der Waals surface area contributed by atoms with Crippen molar-refractivity contribution in [3.63, 3.8) is 0 Å². The molecule has 1 aromatic carbocycles. The molecule has 8 nitrogen and oxygen atoms in total. The van der Waals surface area contributed by atoms with E-state index < -0.39 is 0 Å². The molecule has 0 atom stereocenters. The number of rotatable bonds is 10. The number of anilines is 2. The summed E-state index contributed by atoms with van der Waals surface area (Å²) in [5.41, 5.74) is 1.73. The second-order valence-electron chi connectivity index (χ2n) is 5.60. The minimum Gasteiger partial charge on any atom is -0.395 e. The fourth-order valence-electron chi connectivity index (χ4n) is 2.54. The number of allylic oxidation sites excluding steroid dienone is 2. The van der Waals surface area contributed by atoms with Crippen molar-refractivity contribution in [3.8, 4) is 0 Å². The lowest BCUT2D eigenvalue weighted by Crippen LogP contribution is -2.30. The quantitative estimate of drug-likeness (QED) is 0.350. The number of benzene rings is 1. The van der Waals surface area contributed by atoms with Crippen LogP contribution in [-0.4, -0.2) is 66.3 Å². The number of carbonyl (C=O) groups is 2. The van der Waals surface area contributed by atoms with Crippen LogP contribution in [0.3, 0.4) is 0 Å². The molecule has 0 saturated heterocycles. The lowest BCUT2D eigenvalue weighted by molar-refractivity contribution is -0.115. The van der Waals surface area contributed by atoms with E-state index in [0.717, 1.165) is 5.69 Å². The van der Waals surface area contributed by atoms with Gasteiger partial charge in [0.1, 0.15) is 0 Å². The maximum absolute atomic E-state index is 12.4. The highest BCUT2D eigenvalue weighted by Gasteiger charge is 2.21. The van der Waals surface area contributed by atoms with Crippen molar-refractivity contribution >= 4 is 22.9 Å². The van der Waals surface area contributed by atoms with Crippen LogP contribution in [0, 0.1) is 0 Å². The second-order valence-corrected chi connectivity index (χ2v) is 5.60. The minimum atomic E-state index is -0.357. The number of hydrogen-bond donors (Lipinski definition) is 5. The number of ketones is 2. The fourth-order valence-corrected chi connectivity index (χ4v) is 2.54. The second kappa shape index (κ2) is 9.71. The van der Waals surface area contributed by atoms with Crippen molar-refractivity contribution in [1.82, 2.24) is 5.32 Å². The average molecular weight is 361 g/mol. The number of aliphatic hydroxyl groups excluding tert-OH is 3. The summed E-state index contributed by atoms with van der Waals surface area (Å²) in [4.78, 5) is 26.0. The molecule has 1 aromatic rings. The monoisotopic (exact) mass is 361 g/mol. The van der Waals surface area contributed by atoms with Gasteiger partial charge < -0.3 is 30.9 Å². The van der Waals surface area contributed by atoms with Crippen LogP contribution >= 0.6 is 0 Å². The molecule has 5 N–H and O–H groups in total. The Morgan fingerprint density at radius 1 is 0.846 bits per heavy atom. The predicted octanol–water partition coefficient (Wildman–Crippen LogP) is -0.609. The molecular formula is C18H23N3O5. The molecule has 0 fully saturated rings. The van der Waals surface area contributed by atoms with Gasteiger partial charge in [0.25, 0.3) is 0 Å². The van der Waals surface area contributed by atoms with Gasteiger partial charge in [-0.25, -0.2) is 0 Å².